The maximum Gasteiger partial charge on any atom is 0.231 e. The van der Waals surface area contributed by atoms with E-state index in [9.17, 15) is 0 Å². The molecule has 1 aromatic carbocycles. The SMILES string of the molecule is CN=C(NCC1(c2ccc3c(c2)OCO3)CCOCC1)N1CCC(N2CCOCC2)C1. The first-order valence-electron chi connectivity index (χ1n) is 11.5. The number of rotatable bonds is 4. The molecule has 1 atom stereocenters. The van der Waals surface area contributed by atoms with Crippen molar-refractivity contribution in [2.45, 2.75) is 30.7 Å². The molecule has 4 aliphatic heterocycles. The van der Waals surface area contributed by atoms with Gasteiger partial charge in [0.15, 0.2) is 17.5 Å². The summed E-state index contributed by atoms with van der Waals surface area (Å²) >= 11 is 0. The zero-order valence-electron chi connectivity index (χ0n) is 18.5. The Hall–Kier alpha value is -2.03. The Morgan fingerprint density at radius 1 is 1.06 bits per heavy atom. The Kier molecular flexibility index (Phi) is 6.20. The van der Waals surface area contributed by atoms with Crippen LogP contribution in [-0.4, -0.2) is 94.8 Å². The van der Waals surface area contributed by atoms with Crippen molar-refractivity contribution in [3.05, 3.63) is 23.8 Å². The molecular formula is C23H34N4O4. The van der Waals surface area contributed by atoms with Gasteiger partial charge in [0.05, 0.1) is 13.2 Å². The number of fused-ring (bicyclic) bond motifs is 1. The Bertz CT molecular complexity index is 790. The lowest BCUT2D eigenvalue weighted by atomic mass is 9.74. The van der Waals surface area contributed by atoms with Crippen molar-refractivity contribution >= 4 is 5.96 Å². The summed E-state index contributed by atoms with van der Waals surface area (Å²) in [6.45, 7) is 8.54. The minimum absolute atomic E-state index is 0.00148. The van der Waals surface area contributed by atoms with Gasteiger partial charge in [-0.05, 0) is 37.0 Å². The smallest absolute Gasteiger partial charge is 0.231 e. The molecule has 8 heteroatoms. The molecule has 3 fully saturated rings. The quantitative estimate of drug-likeness (QED) is 0.573. The molecule has 4 heterocycles. The zero-order valence-corrected chi connectivity index (χ0v) is 18.5. The Labute approximate surface area is 184 Å². The summed E-state index contributed by atoms with van der Waals surface area (Å²) in [5.41, 5.74) is 1.29. The van der Waals surface area contributed by atoms with E-state index in [1.165, 1.54) is 12.0 Å². The van der Waals surface area contributed by atoms with Crippen molar-refractivity contribution in [1.82, 2.24) is 15.1 Å². The van der Waals surface area contributed by atoms with Crippen molar-refractivity contribution in [2.24, 2.45) is 4.99 Å². The number of guanidine groups is 1. The van der Waals surface area contributed by atoms with Gasteiger partial charge in [-0.3, -0.25) is 9.89 Å². The number of benzene rings is 1. The lowest BCUT2D eigenvalue weighted by molar-refractivity contribution is 0.0194. The van der Waals surface area contributed by atoms with Gasteiger partial charge in [-0.15, -0.1) is 0 Å². The second kappa shape index (κ2) is 9.22. The van der Waals surface area contributed by atoms with E-state index in [1.54, 1.807) is 0 Å². The minimum atomic E-state index is -0.00148. The van der Waals surface area contributed by atoms with Gasteiger partial charge in [-0.2, -0.15) is 0 Å². The summed E-state index contributed by atoms with van der Waals surface area (Å²) in [6, 6.07) is 6.97. The maximum absolute atomic E-state index is 5.71. The average Bonchev–Trinajstić information content (AvgIpc) is 3.50. The van der Waals surface area contributed by atoms with Gasteiger partial charge >= 0.3 is 0 Å². The van der Waals surface area contributed by atoms with E-state index in [1.807, 2.05) is 13.1 Å². The van der Waals surface area contributed by atoms with E-state index in [4.69, 9.17) is 18.9 Å². The molecular weight excluding hydrogens is 396 g/mol. The average molecular weight is 431 g/mol. The number of morpholine rings is 1. The second-order valence-electron chi connectivity index (χ2n) is 8.90. The number of nitrogens with one attached hydrogen (secondary N) is 1. The van der Waals surface area contributed by atoms with Crippen molar-refractivity contribution in [2.75, 3.05) is 73.0 Å². The fourth-order valence-electron chi connectivity index (χ4n) is 5.31. The van der Waals surface area contributed by atoms with Crippen LogP contribution in [0.5, 0.6) is 11.5 Å². The third-order valence-electron chi connectivity index (χ3n) is 7.26. The molecule has 8 nitrogen and oxygen atoms in total. The van der Waals surface area contributed by atoms with Crippen molar-refractivity contribution in [1.29, 1.82) is 0 Å². The lowest BCUT2D eigenvalue weighted by Crippen LogP contribution is -2.50. The number of hydrogen-bond donors (Lipinski definition) is 1. The molecule has 0 spiro atoms. The highest BCUT2D eigenvalue weighted by atomic mass is 16.7. The minimum Gasteiger partial charge on any atom is -0.454 e. The largest absolute Gasteiger partial charge is 0.454 e. The van der Waals surface area contributed by atoms with Crippen LogP contribution in [0.3, 0.4) is 0 Å². The van der Waals surface area contributed by atoms with E-state index in [0.29, 0.717) is 12.8 Å². The predicted molar refractivity (Wildman–Crippen MR) is 118 cm³/mol. The third kappa shape index (κ3) is 4.33. The molecule has 0 aromatic heterocycles. The summed E-state index contributed by atoms with van der Waals surface area (Å²) < 4.78 is 22.4. The fraction of sp³-hybridized carbons (Fsp3) is 0.696. The molecule has 1 N–H and O–H groups in total. The van der Waals surface area contributed by atoms with Gasteiger partial charge < -0.3 is 29.2 Å². The number of hydrogen-bond acceptors (Lipinski definition) is 6. The first-order chi connectivity index (χ1) is 15.3. The second-order valence-corrected chi connectivity index (χ2v) is 8.90. The molecule has 1 aromatic rings. The van der Waals surface area contributed by atoms with Crippen LogP contribution in [0.15, 0.2) is 23.2 Å². The normalized spacial score (nSPS) is 26.3. The molecule has 1 unspecified atom stereocenters. The van der Waals surface area contributed by atoms with Crippen molar-refractivity contribution < 1.29 is 18.9 Å². The molecule has 170 valence electrons. The number of aliphatic imine (C=N–C) groups is 1. The van der Waals surface area contributed by atoms with Crippen LogP contribution in [0.4, 0.5) is 0 Å². The van der Waals surface area contributed by atoms with E-state index < -0.39 is 0 Å². The highest BCUT2D eigenvalue weighted by molar-refractivity contribution is 5.80. The summed E-state index contributed by atoms with van der Waals surface area (Å²) in [6.07, 6.45) is 3.14. The zero-order chi connectivity index (χ0) is 21.1. The molecule has 4 aliphatic rings. The monoisotopic (exact) mass is 430 g/mol. The van der Waals surface area contributed by atoms with E-state index in [2.05, 4.69) is 32.2 Å². The van der Waals surface area contributed by atoms with Crippen LogP contribution >= 0.6 is 0 Å². The first kappa shape index (κ1) is 20.8. The summed E-state index contributed by atoms with van der Waals surface area (Å²) in [4.78, 5) is 9.61. The molecule has 0 aliphatic carbocycles. The molecule has 3 saturated heterocycles. The molecule has 5 rings (SSSR count). The molecule has 31 heavy (non-hydrogen) atoms. The molecule has 0 saturated carbocycles. The number of likely N-dealkylation sites (tertiary alicyclic amines) is 1. The lowest BCUT2D eigenvalue weighted by Gasteiger charge is -2.39. The number of nitrogens with zero attached hydrogens (tertiary/aromatic N) is 3. The van der Waals surface area contributed by atoms with Crippen LogP contribution in [0.25, 0.3) is 0 Å². The van der Waals surface area contributed by atoms with Gasteiger partial charge in [-0.1, -0.05) is 6.07 Å². The molecule has 0 amide bonds. The van der Waals surface area contributed by atoms with Gasteiger partial charge in [0.25, 0.3) is 0 Å². The van der Waals surface area contributed by atoms with Gasteiger partial charge in [0, 0.05) is 64.4 Å². The Morgan fingerprint density at radius 2 is 1.84 bits per heavy atom. The molecule has 0 bridgehead atoms. The Morgan fingerprint density at radius 3 is 2.65 bits per heavy atom. The van der Waals surface area contributed by atoms with E-state index >= 15 is 0 Å². The van der Waals surface area contributed by atoms with Crippen molar-refractivity contribution in [3.63, 3.8) is 0 Å². The summed E-state index contributed by atoms with van der Waals surface area (Å²) in [5, 5.41) is 3.72. The highest BCUT2D eigenvalue weighted by Gasteiger charge is 2.37. The molecule has 0 radical (unpaired) electrons. The van der Waals surface area contributed by atoms with Gasteiger partial charge in [0.1, 0.15) is 0 Å². The number of ether oxygens (including phenoxy) is 4. The van der Waals surface area contributed by atoms with Crippen LogP contribution in [-0.2, 0) is 14.9 Å². The topological polar surface area (TPSA) is 67.8 Å². The van der Waals surface area contributed by atoms with Gasteiger partial charge in [-0.25, -0.2) is 0 Å². The van der Waals surface area contributed by atoms with Crippen molar-refractivity contribution in [3.8, 4) is 11.5 Å². The van der Waals surface area contributed by atoms with Crippen LogP contribution in [0.1, 0.15) is 24.8 Å². The van der Waals surface area contributed by atoms with E-state index in [-0.39, 0.29) is 5.41 Å². The van der Waals surface area contributed by atoms with Crippen LogP contribution < -0.4 is 14.8 Å². The standard InChI is InChI=1S/C23H34N4O4/c1-24-22(27-7-4-19(15-27)26-8-12-29-13-9-26)25-16-23(5-10-28-11-6-23)18-2-3-20-21(14-18)31-17-30-20/h2-3,14,19H,4-13,15-17H2,1H3,(H,24,25). The fourth-order valence-corrected chi connectivity index (χ4v) is 5.31. The van der Waals surface area contributed by atoms with Crippen LogP contribution in [0, 0.1) is 0 Å². The highest BCUT2D eigenvalue weighted by Crippen LogP contribution is 2.40. The van der Waals surface area contributed by atoms with Crippen LogP contribution in [0.2, 0.25) is 0 Å². The Balaban J connectivity index is 1.26. The third-order valence-corrected chi connectivity index (χ3v) is 7.26. The van der Waals surface area contributed by atoms with Gasteiger partial charge in [0.2, 0.25) is 6.79 Å². The summed E-state index contributed by atoms with van der Waals surface area (Å²) in [7, 11) is 1.89. The first-order valence-corrected chi connectivity index (χ1v) is 11.5. The maximum atomic E-state index is 5.71. The predicted octanol–water partition coefficient (Wildman–Crippen LogP) is 1.45. The summed E-state index contributed by atoms with van der Waals surface area (Å²) in [5.74, 6) is 2.68. The van der Waals surface area contributed by atoms with E-state index in [0.717, 1.165) is 89.5 Å².